The van der Waals surface area contributed by atoms with Crippen molar-refractivity contribution in [3.05, 3.63) is 0 Å². The monoisotopic (exact) mass is 707 g/mol. The number of piperidine rings is 1. The fraction of sp³-hybridized carbons (Fsp3) is 0.939. The minimum atomic E-state index is -1.81. The molecular weight excluding hydrogens is 648 g/mol. The van der Waals surface area contributed by atoms with Crippen LogP contribution in [0.25, 0.3) is 0 Å². The number of carbonyl (C=O) groups excluding carboxylic acids is 2. The third-order valence-electron chi connectivity index (χ3n) is 10.8. The molecule has 0 aromatic heterocycles. The molecule has 0 radical (unpaired) electrons. The van der Waals surface area contributed by atoms with Crippen LogP contribution in [0.15, 0.2) is 0 Å². The van der Waals surface area contributed by atoms with E-state index < -0.39 is 79.7 Å². The first-order valence-corrected chi connectivity index (χ1v) is 18.0. The first-order chi connectivity index (χ1) is 23.5. The Morgan fingerprint density at radius 2 is 1.59 bits per heavy atom. The summed E-state index contributed by atoms with van der Waals surface area (Å²) in [6.07, 6.45) is -6.02. The lowest BCUT2D eigenvalue weighted by molar-refractivity contribution is -0.135. The number of rotatable bonds is 17. The van der Waals surface area contributed by atoms with Crippen molar-refractivity contribution in [1.29, 1.82) is 0 Å². The Morgan fingerprint density at radius 1 is 0.939 bits per heavy atom. The Labute approximate surface area is 287 Å². The molecule has 2 unspecified atom stereocenters. The quantitative estimate of drug-likeness (QED) is 0.0815. The standard InChI is InChI=1S/C33H59F2N5O9/c1-48-19-21-14-37-33(38-15-21)39-7-4-20(5-8-39)3-2-10-49-23-11-25(34)24(26(35)12-23)13-29(44)40-9-6-22(17-40)32(47)36-16-27(42)30(45)31(46)28(43)18-41/h20-28,30-31,33,37-38,41-43,45-46H,2-19H2,1H3,(H,36,47)/t21?,22-,23?,24?,25?,26?,27-,28+,30+,31+,33?/m0/s1. The number of halogens is 2. The van der Waals surface area contributed by atoms with Gasteiger partial charge in [0.25, 0.3) is 0 Å². The molecule has 49 heavy (non-hydrogen) atoms. The molecule has 0 spiro atoms. The second-order valence-electron chi connectivity index (χ2n) is 14.4. The first-order valence-electron chi connectivity index (χ1n) is 18.0. The van der Waals surface area contributed by atoms with Gasteiger partial charge < -0.3 is 45.2 Å². The topological polar surface area (TPSA) is 196 Å². The molecule has 0 aromatic rings. The predicted molar refractivity (Wildman–Crippen MR) is 174 cm³/mol. The number of nitrogens with zero attached hydrogens (tertiary/aromatic N) is 2. The number of amides is 2. The highest BCUT2D eigenvalue weighted by Crippen LogP contribution is 2.35. The number of carbonyl (C=O) groups is 2. The van der Waals surface area contributed by atoms with E-state index in [1.165, 1.54) is 4.90 Å². The lowest BCUT2D eigenvalue weighted by Crippen LogP contribution is -2.62. The van der Waals surface area contributed by atoms with E-state index in [2.05, 4.69) is 20.9 Å². The van der Waals surface area contributed by atoms with E-state index in [4.69, 9.17) is 14.6 Å². The molecule has 7 atom stereocenters. The highest BCUT2D eigenvalue weighted by Gasteiger charge is 2.42. The molecule has 284 valence electrons. The van der Waals surface area contributed by atoms with Crippen molar-refractivity contribution in [2.75, 3.05) is 72.7 Å². The summed E-state index contributed by atoms with van der Waals surface area (Å²) in [5.41, 5.74) is 0. The number of ether oxygens (including phenoxy) is 2. The number of hydrogen-bond donors (Lipinski definition) is 8. The second-order valence-corrected chi connectivity index (χ2v) is 14.4. The second kappa shape index (κ2) is 19.9. The summed E-state index contributed by atoms with van der Waals surface area (Å²) in [4.78, 5) is 29.4. The molecule has 0 aromatic carbocycles. The van der Waals surface area contributed by atoms with E-state index >= 15 is 8.78 Å². The fourth-order valence-corrected chi connectivity index (χ4v) is 7.57. The zero-order valence-corrected chi connectivity index (χ0v) is 28.7. The van der Waals surface area contributed by atoms with Crippen LogP contribution in [-0.2, 0) is 19.1 Å². The Kier molecular flexibility index (Phi) is 16.3. The van der Waals surface area contributed by atoms with E-state index in [9.17, 15) is 30.0 Å². The Balaban J connectivity index is 1.08. The first kappa shape index (κ1) is 40.2. The molecule has 4 fully saturated rings. The minimum Gasteiger partial charge on any atom is -0.394 e. The summed E-state index contributed by atoms with van der Waals surface area (Å²) in [5.74, 6) is -1.49. The number of methoxy groups -OCH3 is 1. The zero-order chi connectivity index (χ0) is 35.5. The lowest BCUT2D eigenvalue weighted by Gasteiger charge is -2.41. The van der Waals surface area contributed by atoms with E-state index in [1.807, 2.05) is 0 Å². The number of aliphatic hydroxyl groups is 5. The molecular formula is C33H59F2N5O9. The highest BCUT2D eigenvalue weighted by atomic mass is 19.1. The van der Waals surface area contributed by atoms with Gasteiger partial charge >= 0.3 is 0 Å². The maximum absolute atomic E-state index is 15.2. The smallest absolute Gasteiger partial charge is 0.225 e. The molecule has 8 N–H and O–H groups in total. The van der Waals surface area contributed by atoms with Crippen LogP contribution < -0.4 is 16.0 Å². The van der Waals surface area contributed by atoms with Crippen LogP contribution in [0.5, 0.6) is 0 Å². The number of aliphatic hydroxyl groups excluding tert-OH is 5. The van der Waals surface area contributed by atoms with Crippen LogP contribution in [0.4, 0.5) is 8.78 Å². The van der Waals surface area contributed by atoms with Gasteiger partial charge in [0.1, 0.15) is 36.9 Å². The van der Waals surface area contributed by atoms with Crippen molar-refractivity contribution in [3.8, 4) is 0 Å². The highest BCUT2D eigenvalue weighted by molar-refractivity contribution is 5.82. The summed E-state index contributed by atoms with van der Waals surface area (Å²) in [5, 5.41) is 57.5. The third kappa shape index (κ3) is 11.7. The van der Waals surface area contributed by atoms with E-state index in [0.29, 0.717) is 24.9 Å². The molecule has 3 heterocycles. The summed E-state index contributed by atoms with van der Waals surface area (Å²) in [6.45, 7) is 4.19. The molecule has 16 heteroatoms. The van der Waals surface area contributed by atoms with Crippen LogP contribution in [0.3, 0.4) is 0 Å². The van der Waals surface area contributed by atoms with Crippen molar-refractivity contribution in [2.24, 2.45) is 23.7 Å². The number of alkyl halides is 2. The van der Waals surface area contributed by atoms with Crippen molar-refractivity contribution in [2.45, 2.75) is 101 Å². The van der Waals surface area contributed by atoms with E-state index in [-0.39, 0.29) is 38.6 Å². The molecule has 4 aliphatic rings. The lowest BCUT2D eigenvalue weighted by atomic mass is 9.81. The number of hydrogen-bond acceptors (Lipinski definition) is 12. The van der Waals surface area contributed by atoms with Gasteiger partial charge in [-0.25, -0.2) is 8.78 Å². The molecule has 3 saturated heterocycles. The van der Waals surface area contributed by atoms with Gasteiger partial charge in [-0.05, 0) is 38.0 Å². The maximum Gasteiger partial charge on any atom is 0.225 e. The van der Waals surface area contributed by atoms with Gasteiger partial charge in [-0.15, -0.1) is 0 Å². The van der Waals surface area contributed by atoms with E-state index in [1.54, 1.807) is 7.11 Å². The van der Waals surface area contributed by atoms with Crippen molar-refractivity contribution in [1.82, 2.24) is 25.8 Å². The van der Waals surface area contributed by atoms with Gasteiger partial charge in [-0.1, -0.05) is 0 Å². The summed E-state index contributed by atoms with van der Waals surface area (Å²) in [7, 11) is 1.73. The van der Waals surface area contributed by atoms with Crippen molar-refractivity contribution >= 4 is 11.8 Å². The van der Waals surface area contributed by atoms with Gasteiger partial charge in [-0.3, -0.25) is 25.1 Å². The molecule has 4 rings (SSSR count). The van der Waals surface area contributed by atoms with Gasteiger partial charge in [-0.2, -0.15) is 0 Å². The van der Waals surface area contributed by atoms with Crippen LogP contribution >= 0.6 is 0 Å². The normalized spacial score (nSPS) is 32.8. The van der Waals surface area contributed by atoms with Crippen LogP contribution in [0, 0.1) is 23.7 Å². The predicted octanol–water partition coefficient (Wildman–Crippen LogP) is -1.52. The van der Waals surface area contributed by atoms with Crippen LogP contribution in [-0.4, -0.2) is 169 Å². The van der Waals surface area contributed by atoms with Gasteiger partial charge in [0, 0.05) is 90.6 Å². The summed E-state index contributed by atoms with van der Waals surface area (Å²) < 4.78 is 41.5. The van der Waals surface area contributed by atoms with Gasteiger partial charge in [0.15, 0.2) is 0 Å². The minimum absolute atomic E-state index is 0.0482. The molecule has 1 aliphatic carbocycles. The average molecular weight is 708 g/mol. The molecule has 0 bridgehead atoms. The maximum atomic E-state index is 15.2. The van der Waals surface area contributed by atoms with Crippen molar-refractivity contribution < 1.29 is 53.4 Å². The van der Waals surface area contributed by atoms with E-state index in [0.717, 1.165) is 58.5 Å². The largest absolute Gasteiger partial charge is 0.394 e. The number of likely N-dealkylation sites (tertiary alicyclic amines) is 2. The van der Waals surface area contributed by atoms with Crippen LogP contribution in [0.1, 0.15) is 51.4 Å². The Hall–Kier alpha value is -1.60. The average Bonchev–Trinajstić information content (AvgIpc) is 3.61. The van der Waals surface area contributed by atoms with Gasteiger partial charge in [0.2, 0.25) is 11.8 Å². The SMILES string of the molecule is COCC1CNC(N2CCC(CCCOC3CC(F)C(CC(=O)N4CC[C@H](C(=O)NC[C@H](O)[C@@H](O)[C@H](O)[C@H](O)CO)C4)C(F)C3)CC2)NC1. The Bertz CT molecular complexity index is 996. The number of nitrogens with one attached hydrogen (secondary N) is 3. The van der Waals surface area contributed by atoms with Crippen LogP contribution in [0.2, 0.25) is 0 Å². The zero-order valence-electron chi connectivity index (χ0n) is 28.7. The molecule has 3 aliphatic heterocycles. The summed E-state index contributed by atoms with van der Waals surface area (Å²) >= 11 is 0. The van der Waals surface area contributed by atoms with Crippen molar-refractivity contribution in [3.63, 3.8) is 0 Å². The van der Waals surface area contributed by atoms with Gasteiger partial charge in [0.05, 0.1) is 31.3 Å². The molecule has 2 amide bonds. The third-order valence-corrected chi connectivity index (χ3v) is 10.8. The molecule has 1 saturated carbocycles. The molecule has 14 nitrogen and oxygen atoms in total. The summed E-state index contributed by atoms with van der Waals surface area (Å²) in [6, 6.07) is 0. The fourth-order valence-electron chi connectivity index (χ4n) is 7.57. The Morgan fingerprint density at radius 3 is 2.22 bits per heavy atom.